The Morgan fingerprint density at radius 3 is 3.00 bits per heavy atom. The predicted molar refractivity (Wildman–Crippen MR) is 65.8 cm³/mol. The van der Waals surface area contributed by atoms with E-state index in [4.69, 9.17) is 0 Å². The molecule has 17 heavy (non-hydrogen) atoms. The number of methoxy groups -OCH3 is 1. The van der Waals surface area contributed by atoms with Gasteiger partial charge in [0.25, 0.3) is 0 Å². The highest BCUT2D eigenvalue weighted by atomic mass is 32.1. The van der Waals surface area contributed by atoms with Crippen LogP contribution in [0.25, 0.3) is 6.08 Å². The fraction of sp³-hybridized carbons (Fsp3) is 0.364. The molecule has 0 fully saturated rings. The van der Waals surface area contributed by atoms with E-state index in [1.807, 2.05) is 12.2 Å². The Morgan fingerprint density at radius 1 is 1.59 bits per heavy atom. The highest BCUT2D eigenvalue weighted by Crippen LogP contribution is 2.15. The van der Waals surface area contributed by atoms with Crippen LogP contribution in [0.2, 0.25) is 0 Å². The average molecular weight is 254 g/mol. The number of amides is 1. The SMILES string of the molecule is COC(=O)c1cnc(C=CCCNC(C)=O)s1. The third-order valence-electron chi connectivity index (χ3n) is 1.86. The topological polar surface area (TPSA) is 68.3 Å². The molecule has 92 valence electrons. The van der Waals surface area contributed by atoms with Crippen molar-refractivity contribution >= 4 is 29.3 Å². The number of esters is 1. The summed E-state index contributed by atoms with van der Waals surface area (Å²) in [5.74, 6) is -0.416. The minimum atomic E-state index is -0.375. The van der Waals surface area contributed by atoms with Crippen molar-refractivity contribution in [1.82, 2.24) is 10.3 Å². The molecule has 0 saturated heterocycles. The van der Waals surface area contributed by atoms with E-state index in [1.54, 1.807) is 0 Å². The fourth-order valence-corrected chi connectivity index (χ4v) is 1.84. The van der Waals surface area contributed by atoms with Gasteiger partial charge in [0.15, 0.2) is 0 Å². The van der Waals surface area contributed by atoms with Crippen LogP contribution in [0.1, 0.15) is 28.0 Å². The number of hydrogen-bond donors (Lipinski definition) is 1. The summed E-state index contributed by atoms with van der Waals surface area (Å²) in [7, 11) is 1.34. The molecule has 1 amide bonds. The van der Waals surface area contributed by atoms with Gasteiger partial charge in [-0.25, -0.2) is 9.78 Å². The van der Waals surface area contributed by atoms with Gasteiger partial charge in [-0.15, -0.1) is 11.3 Å². The van der Waals surface area contributed by atoms with Gasteiger partial charge in [0, 0.05) is 13.5 Å². The number of aromatic nitrogens is 1. The average Bonchev–Trinajstić information content (AvgIpc) is 2.76. The second kappa shape index (κ2) is 6.80. The van der Waals surface area contributed by atoms with E-state index < -0.39 is 0 Å². The minimum Gasteiger partial charge on any atom is -0.465 e. The second-order valence-corrected chi connectivity index (χ2v) is 4.29. The van der Waals surface area contributed by atoms with E-state index >= 15 is 0 Å². The quantitative estimate of drug-likeness (QED) is 0.638. The van der Waals surface area contributed by atoms with Crippen LogP contribution >= 0.6 is 11.3 Å². The van der Waals surface area contributed by atoms with Gasteiger partial charge in [-0.05, 0) is 12.5 Å². The van der Waals surface area contributed by atoms with Gasteiger partial charge in [-0.3, -0.25) is 4.79 Å². The molecule has 0 bridgehead atoms. The normalized spacial score (nSPS) is 10.5. The van der Waals surface area contributed by atoms with Crippen LogP contribution in [0.15, 0.2) is 12.3 Å². The first kappa shape index (κ1) is 13.4. The summed E-state index contributed by atoms with van der Waals surface area (Å²) < 4.78 is 4.58. The zero-order chi connectivity index (χ0) is 12.7. The molecule has 6 heteroatoms. The lowest BCUT2D eigenvalue weighted by Crippen LogP contribution is -2.20. The Balaban J connectivity index is 2.41. The number of hydrogen-bond acceptors (Lipinski definition) is 5. The maximum Gasteiger partial charge on any atom is 0.349 e. The van der Waals surface area contributed by atoms with Crippen LogP contribution in [0.4, 0.5) is 0 Å². The molecule has 5 nitrogen and oxygen atoms in total. The molecular formula is C11H14N2O3S. The molecular weight excluding hydrogens is 240 g/mol. The second-order valence-electron chi connectivity index (χ2n) is 3.23. The smallest absolute Gasteiger partial charge is 0.349 e. The molecule has 1 N–H and O–H groups in total. The third kappa shape index (κ3) is 4.78. The van der Waals surface area contributed by atoms with E-state index in [0.29, 0.717) is 11.4 Å². The highest BCUT2D eigenvalue weighted by Gasteiger charge is 2.08. The minimum absolute atomic E-state index is 0.0411. The molecule has 1 aromatic rings. The molecule has 1 aromatic heterocycles. The van der Waals surface area contributed by atoms with E-state index in [9.17, 15) is 9.59 Å². The predicted octanol–water partition coefficient (Wildman–Crippen LogP) is 1.47. The monoisotopic (exact) mass is 254 g/mol. The molecule has 0 aliphatic heterocycles. The van der Waals surface area contributed by atoms with Crippen molar-refractivity contribution in [3.63, 3.8) is 0 Å². The number of nitrogens with zero attached hydrogens (tertiary/aromatic N) is 1. The molecule has 0 aliphatic carbocycles. The number of carbonyl (C=O) groups is 2. The van der Waals surface area contributed by atoms with Gasteiger partial charge >= 0.3 is 5.97 Å². The van der Waals surface area contributed by atoms with E-state index in [1.165, 1.54) is 31.6 Å². The zero-order valence-corrected chi connectivity index (χ0v) is 10.5. The van der Waals surface area contributed by atoms with E-state index in [-0.39, 0.29) is 11.9 Å². The summed E-state index contributed by atoms with van der Waals surface area (Å²) in [4.78, 5) is 26.3. The van der Waals surface area contributed by atoms with Gasteiger partial charge in [0.2, 0.25) is 5.91 Å². The summed E-state index contributed by atoms with van der Waals surface area (Å²) in [6.07, 6.45) is 5.94. The summed E-state index contributed by atoms with van der Waals surface area (Å²) in [5.41, 5.74) is 0. The van der Waals surface area contributed by atoms with Crippen molar-refractivity contribution in [2.24, 2.45) is 0 Å². The lowest BCUT2D eigenvalue weighted by molar-refractivity contribution is -0.118. The molecule has 0 spiro atoms. The summed E-state index contributed by atoms with van der Waals surface area (Å²) in [6.45, 7) is 2.08. The first-order valence-corrected chi connectivity index (χ1v) is 5.90. The molecule has 0 saturated carbocycles. The number of carbonyl (C=O) groups excluding carboxylic acids is 2. The largest absolute Gasteiger partial charge is 0.465 e. The Hall–Kier alpha value is -1.69. The number of rotatable bonds is 5. The Kier molecular flexibility index (Phi) is 5.35. The number of ether oxygens (including phenoxy) is 1. The molecule has 0 unspecified atom stereocenters. The lowest BCUT2D eigenvalue weighted by atomic mass is 10.4. The van der Waals surface area contributed by atoms with Crippen molar-refractivity contribution in [2.75, 3.05) is 13.7 Å². The van der Waals surface area contributed by atoms with Gasteiger partial charge < -0.3 is 10.1 Å². The van der Waals surface area contributed by atoms with Crippen LogP contribution in [-0.2, 0) is 9.53 Å². The zero-order valence-electron chi connectivity index (χ0n) is 9.73. The van der Waals surface area contributed by atoms with Gasteiger partial charge in [0.1, 0.15) is 9.88 Å². The molecule has 0 aromatic carbocycles. The van der Waals surface area contributed by atoms with Crippen LogP contribution in [0.3, 0.4) is 0 Å². The Morgan fingerprint density at radius 2 is 2.35 bits per heavy atom. The van der Waals surface area contributed by atoms with E-state index in [2.05, 4.69) is 15.0 Å². The summed E-state index contributed by atoms with van der Waals surface area (Å²) in [6, 6.07) is 0. The first-order valence-electron chi connectivity index (χ1n) is 5.08. The third-order valence-corrected chi connectivity index (χ3v) is 2.80. The van der Waals surface area contributed by atoms with Crippen molar-refractivity contribution < 1.29 is 14.3 Å². The molecule has 0 radical (unpaired) electrons. The molecule has 0 atom stereocenters. The molecule has 0 aliphatic rings. The standard InChI is InChI=1S/C11H14N2O3S/c1-8(14)12-6-4-3-5-10-13-7-9(17-10)11(15)16-2/h3,5,7H,4,6H2,1-2H3,(H,12,14). The molecule has 1 heterocycles. The number of thiazole rings is 1. The summed E-state index contributed by atoms with van der Waals surface area (Å²) >= 11 is 1.27. The van der Waals surface area contributed by atoms with Crippen molar-refractivity contribution in [3.8, 4) is 0 Å². The fourth-order valence-electron chi connectivity index (χ4n) is 1.08. The molecule has 1 rings (SSSR count). The van der Waals surface area contributed by atoms with Gasteiger partial charge in [-0.1, -0.05) is 6.08 Å². The number of nitrogens with one attached hydrogen (secondary N) is 1. The maximum atomic E-state index is 11.2. The van der Waals surface area contributed by atoms with Gasteiger partial charge in [-0.2, -0.15) is 0 Å². The van der Waals surface area contributed by atoms with Crippen LogP contribution in [0.5, 0.6) is 0 Å². The summed E-state index contributed by atoms with van der Waals surface area (Å²) in [5, 5.41) is 3.43. The van der Waals surface area contributed by atoms with Crippen molar-refractivity contribution in [3.05, 3.63) is 22.2 Å². The van der Waals surface area contributed by atoms with Crippen LogP contribution in [-0.4, -0.2) is 30.5 Å². The first-order chi connectivity index (χ1) is 8.13. The van der Waals surface area contributed by atoms with Crippen LogP contribution < -0.4 is 5.32 Å². The van der Waals surface area contributed by atoms with E-state index in [0.717, 1.165) is 11.4 Å². The Labute approximate surface area is 104 Å². The van der Waals surface area contributed by atoms with Crippen molar-refractivity contribution in [1.29, 1.82) is 0 Å². The lowest BCUT2D eigenvalue weighted by Gasteiger charge is -1.95. The highest BCUT2D eigenvalue weighted by molar-refractivity contribution is 7.14. The van der Waals surface area contributed by atoms with Gasteiger partial charge in [0.05, 0.1) is 13.3 Å². The van der Waals surface area contributed by atoms with Crippen molar-refractivity contribution in [2.45, 2.75) is 13.3 Å². The van der Waals surface area contributed by atoms with Crippen LogP contribution in [0, 0.1) is 0 Å². The Bertz CT molecular complexity index is 426. The maximum absolute atomic E-state index is 11.2.